The zero-order valence-corrected chi connectivity index (χ0v) is 24.5. The zero-order chi connectivity index (χ0) is 30.2. The number of nitrogens with zero attached hydrogens (tertiary/aromatic N) is 1. The quantitative estimate of drug-likeness (QED) is 0.128. The smallest absolute Gasteiger partial charge is 0.243 e. The number of aromatic amines is 2. The number of hydrogen-bond acceptors (Lipinski definition) is 5. The fourth-order valence-corrected chi connectivity index (χ4v) is 4.86. The highest BCUT2D eigenvalue weighted by molar-refractivity contribution is 5.91. The Hall–Kier alpha value is -4.73. The number of aromatic nitrogens is 3. The van der Waals surface area contributed by atoms with Crippen molar-refractivity contribution in [3.05, 3.63) is 114 Å². The molecule has 2 aromatic heterocycles. The van der Waals surface area contributed by atoms with E-state index < -0.39 is 23.5 Å². The lowest BCUT2D eigenvalue weighted by atomic mass is 10.0. The molecule has 3 aromatic carbocycles. The number of hydrogen-bond donors (Lipinski definition) is 5. The van der Waals surface area contributed by atoms with Crippen LogP contribution >= 0.6 is 0 Å². The fraction of sp³-hybridized carbons (Fsp3) is 0.265. The van der Waals surface area contributed by atoms with E-state index in [9.17, 15) is 9.59 Å². The van der Waals surface area contributed by atoms with Crippen molar-refractivity contribution in [1.29, 1.82) is 0 Å². The van der Waals surface area contributed by atoms with Gasteiger partial charge >= 0.3 is 0 Å². The molecule has 6 N–H and O–H groups in total. The molecular formula is C34H38N6O3. The van der Waals surface area contributed by atoms with Crippen molar-refractivity contribution in [3.63, 3.8) is 0 Å². The average molecular weight is 579 g/mol. The molecule has 0 aliphatic carbocycles. The second-order valence-corrected chi connectivity index (χ2v) is 11.2. The first kappa shape index (κ1) is 29.8. The number of amides is 2. The van der Waals surface area contributed by atoms with Gasteiger partial charge in [0, 0.05) is 41.9 Å². The Labute approximate surface area is 251 Å². The van der Waals surface area contributed by atoms with Crippen LogP contribution in [0.3, 0.4) is 0 Å². The largest absolute Gasteiger partial charge is 0.377 e. The summed E-state index contributed by atoms with van der Waals surface area (Å²) in [6, 6.07) is 26.3. The highest BCUT2D eigenvalue weighted by Gasteiger charge is 2.30. The number of nitrogens with two attached hydrogens (primary N) is 1. The minimum absolute atomic E-state index is 0.268. The Kier molecular flexibility index (Phi) is 9.34. The lowest BCUT2D eigenvalue weighted by molar-refractivity contribution is -0.132. The van der Waals surface area contributed by atoms with Gasteiger partial charge in [-0.2, -0.15) is 0 Å². The standard InChI is InChI=1S/C34H38N6O3/c1-34(2,35)33(42)40-28(17-18-43-22-23-11-5-3-6-12-23)32(41)39-29(19-25-20-36-27-16-10-9-15-26(25)27)31-37-21-30(38-31)24-13-7-4-8-14-24/h3-16,20-21,28-29,36H,17-19,22,35H2,1-2H3,(H,37,38)(H,39,41)(H,40,42)/t28-,29-/m1/s1. The van der Waals surface area contributed by atoms with Gasteiger partial charge in [-0.15, -0.1) is 0 Å². The summed E-state index contributed by atoms with van der Waals surface area (Å²) in [6.07, 6.45) is 4.55. The lowest BCUT2D eigenvalue weighted by Gasteiger charge is -2.26. The van der Waals surface area contributed by atoms with E-state index in [1.54, 1.807) is 13.8 Å². The van der Waals surface area contributed by atoms with Gasteiger partial charge in [-0.05, 0) is 37.5 Å². The minimum Gasteiger partial charge on any atom is -0.377 e. The van der Waals surface area contributed by atoms with Crippen LogP contribution in [0.5, 0.6) is 0 Å². The van der Waals surface area contributed by atoms with Crippen molar-refractivity contribution >= 4 is 22.7 Å². The van der Waals surface area contributed by atoms with Crippen molar-refractivity contribution in [3.8, 4) is 11.3 Å². The highest BCUT2D eigenvalue weighted by Crippen LogP contribution is 2.25. The van der Waals surface area contributed by atoms with Crippen LogP contribution in [0.25, 0.3) is 22.2 Å². The van der Waals surface area contributed by atoms with Gasteiger partial charge in [-0.3, -0.25) is 9.59 Å². The number of fused-ring (bicyclic) bond motifs is 1. The third-order valence-corrected chi connectivity index (χ3v) is 7.28. The maximum Gasteiger partial charge on any atom is 0.243 e. The van der Waals surface area contributed by atoms with E-state index in [-0.39, 0.29) is 18.9 Å². The Morgan fingerprint density at radius 3 is 2.35 bits per heavy atom. The summed E-state index contributed by atoms with van der Waals surface area (Å²) in [4.78, 5) is 38.2. The topological polar surface area (TPSA) is 138 Å². The molecule has 0 spiro atoms. The molecule has 222 valence electrons. The molecule has 5 aromatic rings. The summed E-state index contributed by atoms with van der Waals surface area (Å²) in [5.74, 6) is -0.154. The minimum atomic E-state index is -1.15. The molecule has 0 aliphatic heterocycles. The van der Waals surface area contributed by atoms with Crippen molar-refractivity contribution < 1.29 is 14.3 Å². The maximum atomic E-state index is 13.9. The Bertz CT molecular complexity index is 1640. The van der Waals surface area contributed by atoms with Crippen LogP contribution in [0, 0.1) is 0 Å². The Morgan fingerprint density at radius 2 is 1.60 bits per heavy atom. The van der Waals surface area contributed by atoms with Crippen LogP contribution in [0.4, 0.5) is 0 Å². The van der Waals surface area contributed by atoms with Gasteiger partial charge in [-0.25, -0.2) is 4.98 Å². The Morgan fingerprint density at radius 1 is 0.907 bits per heavy atom. The molecule has 9 heteroatoms. The summed E-state index contributed by atoms with van der Waals surface area (Å²) in [5, 5.41) is 7.07. The number of H-pyrrole nitrogens is 2. The van der Waals surface area contributed by atoms with E-state index in [1.165, 1.54) is 0 Å². The summed E-state index contributed by atoms with van der Waals surface area (Å²) >= 11 is 0. The summed E-state index contributed by atoms with van der Waals surface area (Å²) in [5.41, 5.74) is 9.72. The third kappa shape index (κ3) is 7.77. The molecule has 0 unspecified atom stereocenters. The zero-order valence-electron chi connectivity index (χ0n) is 24.5. The monoisotopic (exact) mass is 578 g/mol. The first-order chi connectivity index (χ1) is 20.8. The predicted molar refractivity (Wildman–Crippen MR) is 168 cm³/mol. The molecule has 5 rings (SSSR count). The van der Waals surface area contributed by atoms with E-state index in [2.05, 4.69) is 20.6 Å². The van der Waals surface area contributed by atoms with E-state index in [1.807, 2.05) is 97.3 Å². The number of imidazole rings is 1. The summed E-state index contributed by atoms with van der Waals surface area (Å²) in [7, 11) is 0. The number of nitrogens with one attached hydrogen (secondary N) is 4. The van der Waals surface area contributed by atoms with Crippen LogP contribution < -0.4 is 16.4 Å². The number of benzene rings is 3. The van der Waals surface area contributed by atoms with Crippen molar-refractivity contribution in [1.82, 2.24) is 25.6 Å². The summed E-state index contributed by atoms with van der Waals surface area (Å²) < 4.78 is 5.86. The Balaban J connectivity index is 1.37. The molecule has 43 heavy (non-hydrogen) atoms. The number of rotatable bonds is 13. The van der Waals surface area contributed by atoms with Gasteiger partial charge in [0.05, 0.1) is 23.9 Å². The van der Waals surface area contributed by atoms with Crippen molar-refractivity contribution in [2.45, 2.75) is 50.9 Å². The van der Waals surface area contributed by atoms with Crippen LogP contribution in [-0.2, 0) is 27.4 Å². The molecule has 0 bridgehead atoms. The third-order valence-electron chi connectivity index (χ3n) is 7.28. The fourth-order valence-electron chi connectivity index (χ4n) is 4.86. The van der Waals surface area contributed by atoms with E-state index >= 15 is 0 Å². The molecule has 2 amide bonds. The normalized spacial score (nSPS) is 13.0. The van der Waals surface area contributed by atoms with E-state index in [4.69, 9.17) is 15.5 Å². The maximum absolute atomic E-state index is 13.9. The number of carbonyl (C=O) groups is 2. The number of carbonyl (C=O) groups excluding carboxylic acids is 2. The molecule has 0 saturated heterocycles. The predicted octanol–water partition coefficient (Wildman–Crippen LogP) is 4.79. The van der Waals surface area contributed by atoms with E-state index in [0.29, 0.717) is 18.9 Å². The first-order valence-corrected chi connectivity index (χ1v) is 14.5. The SMILES string of the molecule is CC(C)(N)C(=O)N[C@H](CCOCc1ccccc1)C(=O)N[C@H](Cc1c[nH]c2ccccc12)c1nc(-c2ccccc2)c[nH]1. The van der Waals surface area contributed by atoms with Crippen LogP contribution in [0.2, 0.25) is 0 Å². The van der Waals surface area contributed by atoms with Crippen LogP contribution in [0.15, 0.2) is 97.3 Å². The highest BCUT2D eigenvalue weighted by atomic mass is 16.5. The van der Waals surface area contributed by atoms with Gasteiger partial charge in [0.2, 0.25) is 11.8 Å². The summed E-state index contributed by atoms with van der Waals surface area (Å²) in [6.45, 7) is 3.89. The van der Waals surface area contributed by atoms with Gasteiger partial charge in [-0.1, -0.05) is 78.9 Å². The molecule has 9 nitrogen and oxygen atoms in total. The second kappa shape index (κ2) is 13.5. The second-order valence-electron chi connectivity index (χ2n) is 11.2. The van der Waals surface area contributed by atoms with Gasteiger partial charge in [0.1, 0.15) is 11.9 Å². The molecule has 0 radical (unpaired) electrons. The molecular weight excluding hydrogens is 540 g/mol. The van der Waals surface area contributed by atoms with Gasteiger partial charge in [0.25, 0.3) is 0 Å². The van der Waals surface area contributed by atoms with Crippen LogP contribution in [0.1, 0.15) is 43.3 Å². The average Bonchev–Trinajstić information content (AvgIpc) is 3.67. The molecule has 0 saturated carbocycles. The number of ether oxygens (including phenoxy) is 1. The first-order valence-electron chi connectivity index (χ1n) is 14.5. The van der Waals surface area contributed by atoms with Gasteiger partial charge in [0.15, 0.2) is 0 Å². The number of para-hydroxylation sites is 1. The van der Waals surface area contributed by atoms with Gasteiger partial charge < -0.3 is 31.1 Å². The van der Waals surface area contributed by atoms with Crippen molar-refractivity contribution in [2.75, 3.05) is 6.61 Å². The van der Waals surface area contributed by atoms with E-state index in [0.717, 1.165) is 33.3 Å². The molecule has 0 aliphatic rings. The van der Waals surface area contributed by atoms with Crippen LogP contribution in [-0.4, -0.2) is 45.0 Å². The molecule has 2 atom stereocenters. The van der Waals surface area contributed by atoms with Crippen molar-refractivity contribution in [2.24, 2.45) is 5.73 Å². The lowest BCUT2D eigenvalue weighted by Crippen LogP contribution is -2.56. The molecule has 2 heterocycles. The molecule has 0 fully saturated rings.